The molecule has 0 spiro atoms. The summed E-state index contributed by atoms with van der Waals surface area (Å²) in [6, 6.07) is 35.1. The molecule has 0 aromatic heterocycles. The van der Waals surface area contributed by atoms with E-state index in [-0.39, 0.29) is 0 Å². The Morgan fingerprint density at radius 1 is 0.679 bits per heavy atom. The average molecular weight is 462 g/mol. The van der Waals surface area contributed by atoms with E-state index in [1.807, 2.05) is 6.07 Å². The minimum absolute atomic E-state index is 0.792. The topological polar surface area (TPSA) is 0 Å². The molecule has 0 radical (unpaired) electrons. The Morgan fingerprint density at radius 2 is 1.36 bits per heavy atom. The second-order valence-electron chi connectivity index (χ2n) is 7.23. The van der Waals surface area contributed by atoms with Gasteiger partial charge in [0.05, 0.1) is 0 Å². The molecule has 0 saturated carbocycles. The molecule has 0 amide bonds. The number of benzene rings is 4. The summed E-state index contributed by atoms with van der Waals surface area (Å²) in [5.41, 5.74) is 2.81. The summed E-state index contributed by atoms with van der Waals surface area (Å²) < 4.78 is 1.19. The summed E-state index contributed by atoms with van der Waals surface area (Å²) >= 11 is 10.4. The van der Waals surface area contributed by atoms with Gasteiger partial charge in [-0.25, -0.2) is 0 Å². The molecular weight excluding hydrogens is 444 g/mol. The molecule has 5 rings (SSSR count). The van der Waals surface area contributed by atoms with Gasteiger partial charge in [-0.05, 0) is 56.5 Å². The van der Waals surface area contributed by atoms with Gasteiger partial charge in [-0.1, -0.05) is 106 Å². The highest BCUT2D eigenvalue weighted by Gasteiger charge is 2.46. The molecule has 0 N–H and O–H groups in total. The van der Waals surface area contributed by atoms with Crippen molar-refractivity contribution in [2.24, 2.45) is 0 Å². The molecule has 4 aromatic rings. The first-order valence-electron chi connectivity index (χ1n) is 9.39. The molecule has 1 atom stereocenters. The van der Waals surface area contributed by atoms with E-state index in [2.05, 4.69) is 107 Å². The second-order valence-corrected chi connectivity index (χ2v) is 12.2. The molecule has 0 saturated heterocycles. The van der Waals surface area contributed by atoms with Crippen LogP contribution in [0.5, 0.6) is 0 Å². The maximum absolute atomic E-state index is 6.51. The third-order valence-electron chi connectivity index (χ3n) is 5.78. The Balaban J connectivity index is 1.99. The third-order valence-corrected chi connectivity index (χ3v) is 11.7. The SMILES string of the molecule is Clc1cccc([Si]2(c3ccccc3)c3ccccc3Cc3c(Br)cccc32)c1. The van der Waals surface area contributed by atoms with E-state index in [9.17, 15) is 0 Å². The molecule has 28 heavy (non-hydrogen) atoms. The van der Waals surface area contributed by atoms with Gasteiger partial charge in [0.15, 0.2) is 8.07 Å². The van der Waals surface area contributed by atoms with Crippen LogP contribution in [0.2, 0.25) is 5.02 Å². The minimum atomic E-state index is -2.45. The number of rotatable bonds is 2. The molecule has 1 aliphatic rings. The van der Waals surface area contributed by atoms with Gasteiger partial charge in [0.2, 0.25) is 0 Å². The Labute approximate surface area is 180 Å². The van der Waals surface area contributed by atoms with Crippen LogP contribution in [0.4, 0.5) is 0 Å². The van der Waals surface area contributed by atoms with Crippen molar-refractivity contribution >= 4 is 56.4 Å². The van der Waals surface area contributed by atoms with Crippen molar-refractivity contribution in [3.05, 3.63) is 118 Å². The first-order chi connectivity index (χ1) is 13.7. The van der Waals surface area contributed by atoms with Gasteiger partial charge in [0.1, 0.15) is 0 Å². The maximum Gasteiger partial charge on any atom is 0.180 e. The largest absolute Gasteiger partial charge is 0.180 e. The summed E-state index contributed by atoms with van der Waals surface area (Å²) in [4.78, 5) is 0. The molecule has 0 bridgehead atoms. The van der Waals surface area contributed by atoms with Gasteiger partial charge in [0.25, 0.3) is 0 Å². The van der Waals surface area contributed by atoms with E-state index >= 15 is 0 Å². The lowest BCUT2D eigenvalue weighted by Crippen LogP contribution is -2.77. The molecule has 136 valence electrons. The summed E-state index contributed by atoms with van der Waals surface area (Å²) in [5.74, 6) is 0. The highest BCUT2D eigenvalue weighted by molar-refractivity contribution is 9.10. The number of fused-ring (bicyclic) bond motifs is 2. The molecule has 0 aliphatic carbocycles. The highest BCUT2D eigenvalue weighted by Crippen LogP contribution is 2.26. The van der Waals surface area contributed by atoms with Gasteiger partial charge < -0.3 is 0 Å². The van der Waals surface area contributed by atoms with Crippen molar-refractivity contribution in [1.29, 1.82) is 0 Å². The molecule has 3 heteroatoms. The van der Waals surface area contributed by atoms with E-state index in [4.69, 9.17) is 11.6 Å². The van der Waals surface area contributed by atoms with Crippen molar-refractivity contribution in [2.75, 3.05) is 0 Å². The van der Waals surface area contributed by atoms with Gasteiger partial charge >= 0.3 is 0 Å². The lowest BCUT2D eigenvalue weighted by molar-refractivity contribution is 1.19. The van der Waals surface area contributed by atoms with Crippen molar-refractivity contribution in [3.8, 4) is 0 Å². The fraction of sp³-hybridized carbons (Fsp3) is 0.0400. The first kappa shape index (κ1) is 17.9. The zero-order valence-corrected chi connectivity index (χ0v) is 18.5. The second kappa shape index (κ2) is 7.04. The van der Waals surface area contributed by atoms with Gasteiger partial charge in [-0.2, -0.15) is 0 Å². The van der Waals surface area contributed by atoms with E-state index in [0.29, 0.717) is 0 Å². The van der Waals surface area contributed by atoms with Crippen LogP contribution >= 0.6 is 27.5 Å². The molecule has 0 fully saturated rings. The Hall–Kier alpha value is -2.13. The zero-order chi connectivity index (χ0) is 19.1. The van der Waals surface area contributed by atoms with Crippen LogP contribution in [-0.4, -0.2) is 8.07 Å². The molecule has 4 aromatic carbocycles. The summed E-state index contributed by atoms with van der Waals surface area (Å²) in [7, 11) is -2.45. The molecule has 1 aliphatic heterocycles. The number of hydrogen-bond donors (Lipinski definition) is 0. The number of hydrogen-bond acceptors (Lipinski definition) is 0. The van der Waals surface area contributed by atoms with Gasteiger partial charge in [0, 0.05) is 9.50 Å². The maximum atomic E-state index is 6.51. The number of halogens is 2. The van der Waals surface area contributed by atoms with Crippen LogP contribution < -0.4 is 20.7 Å². The fourth-order valence-electron chi connectivity index (χ4n) is 4.66. The van der Waals surface area contributed by atoms with E-state index in [1.54, 1.807) is 0 Å². The Bertz CT molecular complexity index is 1170. The van der Waals surface area contributed by atoms with E-state index in [1.165, 1.54) is 36.3 Å². The van der Waals surface area contributed by atoms with Crippen LogP contribution in [0.25, 0.3) is 0 Å². The van der Waals surface area contributed by atoms with Crippen molar-refractivity contribution in [3.63, 3.8) is 0 Å². The minimum Gasteiger partial charge on any atom is -0.0843 e. The summed E-state index contributed by atoms with van der Waals surface area (Å²) in [6.45, 7) is 0. The molecule has 1 heterocycles. The van der Waals surface area contributed by atoms with Crippen LogP contribution in [0.3, 0.4) is 0 Å². The predicted octanol–water partition coefficient (Wildman–Crippen LogP) is 4.38. The lowest BCUT2D eigenvalue weighted by Gasteiger charge is -2.40. The van der Waals surface area contributed by atoms with Crippen LogP contribution in [0, 0.1) is 0 Å². The van der Waals surface area contributed by atoms with Crippen molar-refractivity contribution in [2.45, 2.75) is 6.42 Å². The van der Waals surface area contributed by atoms with Gasteiger partial charge in [-0.15, -0.1) is 0 Å². The first-order valence-corrected chi connectivity index (χ1v) is 12.6. The molecular formula is C25H18BrClSi. The van der Waals surface area contributed by atoms with Crippen LogP contribution in [-0.2, 0) is 6.42 Å². The van der Waals surface area contributed by atoms with E-state index < -0.39 is 8.07 Å². The van der Waals surface area contributed by atoms with Gasteiger partial charge in [-0.3, -0.25) is 0 Å². The van der Waals surface area contributed by atoms with Crippen LogP contribution in [0.1, 0.15) is 11.1 Å². The third kappa shape index (κ3) is 2.63. The summed E-state index contributed by atoms with van der Waals surface area (Å²) in [5, 5.41) is 6.43. The van der Waals surface area contributed by atoms with E-state index in [0.717, 1.165) is 11.4 Å². The predicted molar refractivity (Wildman–Crippen MR) is 126 cm³/mol. The highest BCUT2D eigenvalue weighted by atomic mass is 79.9. The van der Waals surface area contributed by atoms with Crippen molar-refractivity contribution < 1.29 is 0 Å². The quantitative estimate of drug-likeness (QED) is 0.342. The zero-order valence-electron chi connectivity index (χ0n) is 15.2. The molecule has 0 nitrogen and oxygen atoms in total. The lowest BCUT2D eigenvalue weighted by atomic mass is 10.0. The molecule has 1 unspecified atom stereocenters. The fourth-order valence-corrected chi connectivity index (χ4v) is 10.9. The standard InChI is InChI=1S/C25H18BrClSi/c26-23-13-7-15-25-22(23)16-18-8-4-5-14-24(18)28(25,20-10-2-1-3-11-20)21-12-6-9-19(27)17-21/h1-15,17H,16H2. The van der Waals surface area contributed by atoms with Crippen molar-refractivity contribution in [1.82, 2.24) is 0 Å². The Kier molecular flexibility index (Phi) is 4.51. The Morgan fingerprint density at radius 3 is 2.18 bits per heavy atom. The monoisotopic (exact) mass is 460 g/mol. The summed E-state index contributed by atoms with van der Waals surface area (Å²) in [6.07, 6.45) is 0.953. The van der Waals surface area contributed by atoms with Crippen LogP contribution in [0.15, 0.2) is 102 Å². The smallest absolute Gasteiger partial charge is 0.0843 e. The normalized spacial score (nSPS) is 17.6. The average Bonchev–Trinajstić information content (AvgIpc) is 2.73.